The molecule has 0 aliphatic heterocycles. The van der Waals surface area contributed by atoms with Crippen LogP contribution < -0.4 is 10.6 Å². The van der Waals surface area contributed by atoms with Crippen molar-refractivity contribution in [1.29, 1.82) is 0 Å². The summed E-state index contributed by atoms with van der Waals surface area (Å²) in [6.45, 7) is 8.37. The third kappa shape index (κ3) is 7.21. The molecule has 1 rings (SSSR count). The van der Waals surface area contributed by atoms with Gasteiger partial charge >= 0.3 is 6.09 Å². The first kappa shape index (κ1) is 14.3. The Morgan fingerprint density at radius 3 is 2.53 bits per heavy atom. The van der Waals surface area contributed by atoms with E-state index in [2.05, 4.69) is 10.6 Å². The topological polar surface area (TPSA) is 50.4 Å². The Bertz CT molecular complexity index is 232. The quantitative estimate of drug-likeness (QED) is 0.703. The van der Waals surface area contributed by atoms with E-state index in [4.69, 9.17) is 4.74 Å². The Kier molecular flexibility index (Phi) is 5.75. The van der Waals surface area contributed by atoms with Crippen LogP contribution in [0, 0.1) is 5.92 Å². The van der Waals surface area contributed by atoms with Crippen molar-refractivity contribution >= 4 is 6.09 Å². The summed E-state index contributed by atoms with van der Waals surface area (Å²) in [5, 5.41) is 6.17. The van der Waals surface area contributed by atoms with Gasteiger partial charge in [-0.1, -0.05) is 6.42 Å². The van der Waals surface area contributed by atoms with E-state index in [9.17, 15) is 4.79 Å². The fourth-order valence-corrected chi connectivity index (χ4v) is 1.72. The van der Waals surface area contributed by atoms with E-state index in [1.807, 2.05) is 20.8 Å². The SMILES string of the molecule is CC(C)(C)OC(=O)NCCCNCC1CCC1. The zero-order valence-electron chi connectivity index (χ0n) is 11.3. The maximum atomic E-state index is 11.3. The number of nitrogens with one attached hydrogen (secondary N) is 2. The smallest absolute Gasteiger partial charge is 0.407 e. The normalized spacial score (nSPS) is 16.4. The summed E-state index contributed by atoms with van der Waals surface area (Å²) in [6.07, 6.45) is 4.78. The lowest BCUT2D eigenvalue weighted by molar-refractivity contribution is 0.0527. The number of hydrogen-bond acceptors (Lipinski definition) is 3. The maximum absolute atomic E-state index is 11.3. The molecule has 0 aromatic carbocycles. The molecule has 0 bridgehead atoms. The van der Waals surface area contributed by atoms with Crippen molar-refractivity contribution in [2.24, 2.45) is 5.92 Å². The summed E-state index contributed by atoms with van der Waals surface area (Å²) >= 11 is 0. The van der Waals surface area contributed by atoms with E-state index in [0.29, 0.717) is 6.54 Å². The highest BCUT2D eigenvalue weighted by molar-refractivity contribution is 5.67. The Hall–Kier alpha value is -0.770. The number of carbonyl (C=O) groups excluding carboxylic acids is 1. The van der Waals surface area contributed by atoms with Crippen molar-refractivity contribution in [2.75, 3.05) is 19.6 Å². The lowest BCUT2D eigenvalue weighted by atomic mass is 9.85. The summed E-state index contributed by atoms with van der Waals surface area (Å²) in [6, 6.07) is 0. The van der Waals surface area contributed by atoms with Crippen LogP contribution in [0.3, 0.4) is 0 Å². The van der Waals surface area contributed by atoms with Gasteiger partial charge in [0.15, 0.2) is 0 Å². The Morgan fingerprint density at radius 2 is 2.00 bits per heavy atom. The number of carbonyl (C=O) groups is 1. The van der Waals surface area contributed by atoms with Crippen LogP contribution in [0.5, 0.6) is 0 Å². The van der Waals surface area contributed by atoms with Gasteiger partial charge in [0.2, 0.25) is 0 Å². The first-order valence-electron chi connectivity index (χ1n) is 6.65. The number of amides is 1. The molecule has 0 aromatic rings. The predicted octanol–water partition coefficient (Wildman–Crippen LogP) is 2.29. The van der Waals surface area contributed by atoms with Crippen LogP contribution in [0.4, 0.5) is 4.79 Å². The number of rotatable bonds is 6. The lowest BCUT2D eigenvalue weighted by Gasteiger charge is -2.25. The monoisotopic (exact) mass is 242 g/mol. The minimum atomic E-state index is -0.410. The molecule has 1 fully saturated rings. The average molecular weight is 242 g/mol. The molecule has 1 aliphatic carbocycles. The Labute approximate surface area is 104 Å². The molecule has 1 amide bonds. The van der Waals surface area contributed by atoms with Gasteiger partial charge in [0.25, 0.3) is 0 Å². The van der Waals surface area contributed by atoms with Gasteiger partial charge in [-0.15, -0.1) is 0 Å². The van der Waals surface area contributed by atoms with Gasteiger partial charge in [-0.3, -0.25) is 0 Å². The molecule has 1 aliphatic rings. The zero-order chi connectivity index (χ0) is 12.7. The van der Waals surface area contributed by atoms with Gasteiger partial charge in [0.05, 0.1) is 0 Å². The van der Waals surface area contributed by atoms with Crippen molar-refractivity contribution in [1.82, 2.24) is 10.6 Å². The second-order valence-corrected chi connectivity index (χ2v) is 5.78. The van der Waals surface area contributed by atoms with Crippen molar-refractivity contribution in [2.45, 2.75) is 52.1 Å². The van der Waals surface area contributed by atoms with Crippen molar-refractivity contribution in [3.8, 4) is 0 Å². The van der Waals surface area contributed by atoms with E-state index >= 15 is 0 Å². The van der Waals surface area contributed by atoms with E-state index in [1.165, 1.54) is 19.3 Å². The molecule has 4 nitrogen and oxygen atoms in total. The summed E-state index contributed by atoms with van der Waals surface area (Å²) in [5.74, 6) is 0.897. The molecular weight excluding hydrogens is 216 g/mol. The first-order valence-corrected chi connectivity index (χ1v) is 6.65. The third-order valence-electron chi connectivity index (χ3n) is 2.86. The van der Waals surface area contributed by atoms with Gasteiger partial charge < -0.3 is 15.4 Å². The van der Waals surface area contributed by atoms with Crippen LogP contribution in [0.25, 0.3) is 0 Å². The third-order valence-corrected chi connectivity index (χ3v) is 2.86. The summed E-state index contributed by atoms with van der Waals surface area (Å²) in [4.78, 5) is 11.3. The van der Waals surface area contributed by atoms with E-state index in [1.54, 1.807) is 0 Å². The lowest BCUT2D eigenvalue weighted by Crippen LogP contribution is -2.34. The molecule has 0 atom stereocenters. The summed E-state index contributed by atoms with van der Waals surface area (Å²) < 4.78 is 5.14. The largest absolute Gasteiger partial charge is 0.444 e. The van der Waals surface area contributed by atoms with Gasteiger partial charge in [0.1, 0.15) is 5.60 Å². The maximum Gasteiger partial charge on any atom is 0.407 e. The van der Waals surface area contributed by atoms with Crippen LogP contribution in [0.1, 0.15) is 46.5 Å². The fourth-order valence-electron chi connectivity index (χ4n) is 1.72. The second kappa shape index (κ2) is 6.84. The molecular formula is C13H26N2O2. The predicted molar refractivity (Wildman–Crippen MR) is 69.1 cm³/mol. The molecule has 0 spiro atoms. The van der Waals surface area contributed by atoms with E-state index in [-0.39, 0.29) is 6.09 Å². The molecule has 0 unspecified atom stereocenters. The fraction of sp³-hybridized carbons (Fsp3) is 0.923. The minimum Gasteiger partial charge on any atom is -0.444 e. The highest BCUT2D eigenvalue weighted by Gasteiger charge is 2.16. The molecule has 17 heavy (non-hydrogen) atoms. The van der Waals surface area contributed by atoms with Gasteiger partial charge in [0, 0.05) is 6.54 Å². The highest BCUT2D eigenvalue weighted by Crippen LogP contribution is 2.24. The van der Waals surface area contributed by atoms with Crippen LogP contribution in [0.15, 0.2) is 0 Å². The van der Waals surface area contributed by atoms with Gasteiger partial charge in [-0.25, -0.2) is 4.79 Å². The molecule has 0 radical (unpaired) electrons. The molecule has 100 valence electrons. The van der Waals surface area contributed by atoms with Crippen LogP contribution in [0.2, 0.25) is 0 Å². The standard InChI is InChI=1S/C13H26N2O2/c1-13(2,3)17-12(16)15-9-5-8-14-10-11-6-4-7-11/h11,14H,4-10H2,1-3H3,(H,15,16). The summed E-state index contributed by atoms with van der Waals surface area (Å²) in [5.41, 5.74) is -0.410. The molecule has 0 aromatic heterocycles. The summed E-state index contributed by atoms with van der Waals surface area (Å²) in [7, 11) is 0. The Morgan fingerprint density at radius 1 is 1.29 bits per heavy atom. The van der Waals surface area contributed by atoms with Crippen LogP contribution in [-0.2, 0) is 4.74 Å². The molecule has 0 saturated heterocycles. The molecule has 4 heteroatoms. The van der Waals surface area contributed by atoms with Gasteiger partial charge in [-0.2, -0.15) is 0 Å². The highest BCUT2D eigenvalue weighted by atomic mass is 16.6. The van der Waals surface area contributed by atoms with Gasteiger partial charge in [-0.05, 0) is 59.0 Å². The van der Waals surface area contributed by atoms with Crippen LogP contribution in [-0.4, -0.2) is 31.3 Å². The first-order chi connectivity index (χ1) is 7.97. The van der Waals surface area contributed by atoms with Crippen molar-refractivity contribution in [3.63, 3.8) is 0 Å². The van der Waals surface area contributed by atoms with E-state index in [0.717, 1.165) is 25.4 Å². The molecule has 0 heterocycles. The van der Waals surface area contributed by atoms with Crippen LogP contribution >= 0.6 is 0 Å². The number of alkyl carbamates (subject to hydrolysis) is 1. The van der Waals surface area contributed by atoms with E-state index < -0.39 is 5.60 Å². The number of hydrogen-bond donors (Lipinski definition) is 2. The minimum absolute atomic E-state index is 0.323. The zero-order valence-corrected chi connectivity index (χ0v) is 11.3. The second-order valence-electron chi connectivity index (χ2n) is 5.78. The molecule has 2 N–H and O–H groups in total. The Balaban J connectivity index is 1.87. The van der Waals surface area contributed by atoms with Crippen molar-refractivity contribution in [3.05, 3.63) is 0 Å². The molecule has 1 saturated carbocycles. The number of ether oxygens (including phenoxy) is 1. The van der Waals surface area contributed by atoms with Crippen molar-refractivity contribution < 1.29 is 9.53 Å². The average Bonchev–Trinajstić information content (AvgIpc) is 2.10.